The van der Waals surface area contributed by atoms with E-state index < -0.39 is 15.8 Å². The van der Waals surface area contributed by atoms with Crippen LogP contribution in [0.5, 0.6) is 0 Å². The molecule has 0 saturated heterocycles. The van der Waals surface area contributed by atoms with Gasteiger partial charge < -0.3 is 4.57 Å². The highest BCUT2D eigenvalue weighted by Gasteiger charge is 2.39. The Bertz CT molecular complexity index is 797. The van der Waals surface area contributed by atoms with E-state index in [-0.39, 0.29) is 17.5 Å². The Kier molecular flexibility index (Phi) is 3.78. The molecule has 0 bridgehead atoms. The minimum Gasteiger partial charge on any atom is -0.337 e. The van der Waals surface area contributed by atoms with Crippen molar-refractivity contribution in [3.63, 3.8) is 0 Å². The maximum absolute atomic E-state index is 13.2. The highest BCUT2D eigenvalue weighted by Crippen LogP contribution is 2.34. The molecule has 1 aliphatic carbocycles. The van der Waals surface area contributed by atoms with Gasteiger partial charge in [-0.15, -0.1) is 0 Å². The summed E-state index contributed by atoms with van der Waals surface area (Å²) in [5, 5.41) is 0. The molecule has 1 fully saturated rings. The average Bonchev–Trinajstić information content (AvgIpc) is 3.19. The largest absolute Gasteiger partial charge is 0.337 e. The lowest BCUT2D eigenvalue weighted by Crippen LogP contribution is -2.34. The van der Waals surface area contributed by atoms with E-state index in [0.717, 1.165) is 12.8 Å². The third-order valence-corrected chi connectivity index (χ3v) is 5.95. The third kappa shape index (κ3) is 2.78. The van der Waals surface area contributed by atoms with Gasteiger partial charge in [-0.2, -0.15) is 4.31 Å². The number of hydrogen-bond acceptors (Lipinski definition) is 3. The summed E-state index contributed by atoms with van der Waals surface area (Å²) in [7, 11) is -1.83. The molecule has 1 aliphatic rings. The summed E-state index contributed by atoms with van der Waals surface area (Å²) in [5.74, 6) is 0.258. The topological polar surface area (TPSA) is 55.2 Å². The van der Waals surface area contributed by atoms with E-state index in [1.807, 2.05) is 11.6 Å². The van der Waals surface area contributed by atoms with Crippen LogP contribution in [-0.2, 0) is 23.6 Å². The van der Waals surface area contributed by atoms with Crippen LogP contribution >= 0.6 is 0 Å². The fraction of sp³-hybridized carbons (Fsp3) is 0.400. The second-order valence-corrected chi connectivity index (χ2v) is 7.50. The van der Waals surface area contributed by atoms with E-state index in [1.54, 1.807) is 19.3 Å². The molecule has 1 aromatic heterocycles. The van der Waals surface area contributed by atoms with Crippen molar-refractivity contribution in [2.75, 3.05) is 0 Å². The van der Waals surface area contributed by atoms with Gasteiger partial charge in [-0.1, -0.05) is 0 Å². The van der Waals surface area contributed by atoms with Crippen LogP contribution in [0, 0.1) is 12.7 Å². The van der Waals surface area contributed by atoms with Crippen molar-refractivity contribution < 1.29 is 12.8 Å². The monoisotopic (exact) mass is 323 g/mol. The lowest BCUT2D eigenvalue weighted by molar-refractivity contribution is 0.385. The Hall–Kier alpha value is -1.73. The van der Waals surface area contributed by atoms with Crippen molar-refractivity contribution in [1.82, 2.24) is 13.9 Å². The van der Waals surface area contributed by atoms with Crippen LogP contribution in [0.4, 0.5) is 4.39 Å². The molecule has 7 heteroatoms. The highest BCUT2D eigenvalue weighted by molar-refractivity contribution is 7.89. The fourth-order valence-electron chi connectivity index (χ4n) is 2.49. The SMILES string of the molecule is Cc1cc(F)ccc1S(=O)(=O)N(Cc1nccn1C)C1CC1. The molecule has 3 rings (SSSR count). The van der Waals surface area contributed by atoms with Crippen molar-refractivity contribution in [3.05, 3.63) is 47.8 Å². The normalized spacial score (nSPS) is 15.5. The predicted molar refractivity (Wildman–Crippen MR) is 80.1 cm³/mol. The summed E-state index contributed by atoms with van der Waals surface area (Å²) < 4.78 is 42.4. The third-order valence-electron chi connectivity index (χ3n) is 3.90. The number of sulfonamides is 1. The summed E-state index contributed by atoms with van der Waals surface area (Å²) in [6.45, 7) is 1.84. The molecule has 1 saturated carbocycles. The first-order valence-electron chi connectivity index (χ1n) is 7.14. The minimum atomic E-state index is -3.66. The smallest absolute Gasteiger partial charge is 0.244 e. The highest BCUT2D eigenvalue weighted by atomic mass is 32.2. The second kappa shape index (κ2) is 5.48. The first-order chi connectivity index (χ1) is 10.4. The first-order valence-corrected chi connectivity index (χ1v) is 8.58. The summed E-state index contributed by atoms with van der Waals surface area (Å²) in [5.41, 5.74) is 0.422. The van der Waals surface area contributed by atoms with Gasteiger partial charge in [-0.3, -0.25) is 0 Å². The Morgan fingerprint density at radius 1 is 1.41 bits per heavy atom. The Labute approximate surface area is 129 Å². The van der Waals surface area contributed by atoms with Gasteiger partial charge in [0.05, 0.1) is 11.4 Å². The maximum atomic E-state index is 13.2. The number of imidazole rings is 1. The molecule has 2 aromatic rings. The summed E-state index contributed by atoms with van der Waals surface area (Å²) >= 11 is 0. The molecule has 22 heavy (non-hydrogen) atoms. The summed E-state index contributed by atoms with van der Waals surface area (Å²) in [4.78, 5) is 4.37. The molecule has 0 amide bonds. The number of aromatic nitrogens is 2. The fourth-order valence-corrected chi connectivity index (χ4v) is 4.34. The van der Waals surface area contributed by atoms with Crippen molar-refractivity contribution in [1.29, 1.82) is 0 Å². The second-order valence-electron chi connectivity index (χ2n) is 5.65. The molecule has 0 spiro atoms. The van der Waals surface area contributed by atoms with Crippen LogP contribution in [0.1, 0.15) is 24.2 Å². The van der Waals surface area contributed by atoms with E-state index in [9.17, 15) is 12.8 Å². The van der Waals surface area contributed by atoms with Gasteiger partial charge in [-0.05, 0) is 43.5 Å². The number of rotatable bonds is 5. The lowest BCUT2D eigenvalue weighted by atomic mass is 10.2. The van der Waals surface area contributed by atoms with Gasteiger partial charge in [0.1, 0.15) is 11.6 Å². The van der Waals surface area contributed by atoms with Gasteiger partial charge in [0.25, 0.3) is 0 Å². The number of nitrogens with zero attached hydrogens (tertiary/aromatic N) is 3. The minimum absolute atomic E-state index is 0.00570. The summed E-state index contributed by atoms with van der Waals surface area (Å²) in [6, 6.07) is 3.78. The van der Waals surface area contributed by atoms with Crippen LogP contribution in [-0.4, -0.2) is 28.3 Å². The summed E-state index contributed by atoms with van der Waals surface area (Å²) in [6.07, 6.45) is 5.14. The number of aryl methyl sites for hydroxylation is 2. The van der Waals surface area contributed by atoms with Gasteiger partial charge in [-0.25, -0.2) is 17.8 Å². The number of halogens is 1. The Balaban J connectivity index is 1.98. The van der Waals surface area contributed by atoms with Crippen LogP contribution < -0.4 is 0 Å². The van der Waals surface area contributed by atoms with Crippen molar-refractivity contribution >= 4 is 10.0 Å². The van der Waals surface area contributed by atoms with E-state index in [4.69, 9.17) is 0 Å². The van der Waals surface area contributed by atoms with Crippen LogP contribution in [0.3, 0.4) is 0 Å². The molecular formula is C15H18FN3O2S. The zero-order chi connectivity index (χ0) is 15.9. The zero-order valence-electron chi connectivity index (χ0n) is 12.5. The molecule has 0 atom stereocenters. The first kappa shape index (κ1) is 15.2. The molecule has 0 radical (unpaired) electrons. The van der Waals surface area contributed by atoms with Crippen molar-refractivity contribution in [2.24, 2.45) is 7.05 Å². The van der Waals surface area contributed by atoms with E-state index in [0.29, 0.717) is 11.4 Å². The van der Waals surface area contributed by atoms with Gasteiger partial charge >= 0.3 is 0 Å². The molecular weight excluding hydrogens is 305 g/mol. The van der Waals surface area contributed by atoms with E-state index in [1.165, 1.54) is 22.5 Å². The quantitative estimate of drug-likeness (QED) is 0.848. The van der Waals surface area contributed by atoms with Crippen LogP contribution in [0.2, 0.25) is 0 Å². The van der Waals surface area contributed by atoms with E-state index >= 15 is 0 Å². The maximum Gasteiger partial charge on any atom is 0.244 e. The molecule has 0 N–H and O–H groups in total. The molecule has 1 aromatic carbocycles. The standard InChI is InChI=1S/C15H18FN3O2S/c1-11-9-12(16)3-6-14(11)22(20,21)19(13-4-5-13)10-15-17-7-8-18(15)2/h3,6-9,13H,4-5,10H2,1-2H3. The Morgan fingerprint density at radius 2 is 2.14 bits per heavy atom. The van der Waals surface area contributed by atoms with Crippen molar-refractivity contribution in [2.45, 2.75) is 37.2 Å². The molecule has 0 unspecified atom stereocenters. The Morgan fingerprint density at radius 3 is 2.68 bits per heavy atom. The predicted octanol–water partition coefficient (Wildman–Crippen LogP) is 2.22. The van der Waals surface area contributed by atoms with Gasteiger partial charge in [0.2, 0.25) is 10.0 Å². The van der Waals surface area contributed by atoms with E-state index in [2.05, 4.69) is 4.98 Å². The van der Waals surface area contributed by atoms with Crippen molar-refractivity contribution in [3.8, 4) is 0 Å². The van der Waals surface area contributed by atoms with Gasteiger partial charge in [0.15, 0.2) is 0 Å². The number of hydrogen-bond donors (Lipinski definition) is 0. The average molecular weight is 323 g/mol. The number of benzene rings is 1. The molecule has 0 aliphatic heterocycles. The van der Waals surface area contributed by atoms with Crippen LogP contribution in [0.15, 0.2) is 35.5 Å². The molecule has 1 heterocycles. The zero-order valence-corrected chi connectivity index (χ0v) is 13.3. The van der Waals surface area contributed by atoms with Crippen LogP contribution in [0.25, 0.3) is 0 Å². The molecule has 5 nitrogen and oxygen atoms in total. The molecule has 118 valence electrons. The lowest BCUT2D eigenvalue weighted by Gasteiger charge is -2.22. The van der Waals surface area contributed by atoms with Gasteiger partial charge in [0, 0.05) is 25.5 Å².